The maximum Gasteiger partial charge on any atom is 0.210 e. The predicted molar refractivity (Wildman–Crippen MR) is 89.2 cm³/mol. The Labute approximate surface area is 137 Å². The molecule has 122 valence electrons. The summed E-state index contributed by atoms with van der Waals surface area (Å²) in [6.07, 6.45) is 6.70. The van der Waals surface area contributed by atoms with E-state index < -0.39 is 0 Å². The molecule has 1 aliphatic carbocycles. The Hall–Kier alpha value is -2.23. The number of amides is 1. The van der Waals surface area contributed by atoms with E-state index in [9.17, 15) is 4.79 Å². The molecule has 0 unspecified atom stereocenters. The van der Waals surface area contributed by atoms with Gasteiger partial charge in [-0.3, -0.25) is 4.79 Å². The van der Waals surface area contributed by atoms with E-state index in [1.54, 1.807) is 14.2 Å². The van der Waals surface area contributed by atoms with Crippen LogP contribution in [0.3, 0.4) is 0 Å². The minimum atomic E-state index is 0.152. The summed E-state index contributed by atoms with van der Waals surface area (Å²) in [5, 5.41) is 0. The number of hydrogen-bond acceptors (Lipinski definition) is 3. The van der Waals surface area contributed by atoms with Crippen LogP contribution in [0.25, 0.3) is 0 Å². The quantitative estimate of drug-likeness (QED) is 0.619. The molecular formula is C19H23NO3. The number of hydrogen-bond donors (Lipinski definition) is 0. The molecule has 1 atom stereocenters. The van der Waals surface area contributed by atoms with E-state index in [2.05, 4.69) is 18.2 Å². The molecule has 0 N–H and O–H groups in total. The van der Waals surface area contributed by atoms with E-state index in [1.807, 2.05) is 17.0 Å². The van der Waals surface area contributed by atoms with Crippen LogP contribution in [-0.2, 0) is 16.0 Å². The van der Waals surface area contributed by atoms with Crippen LogP contribution in [0.15, 0.2) is 47.2 Å². The van der Waals surface area contributed by atoms with Gasteiger partial charge in [-0.25, -0.2) is 0 Å². The van der Waals surface area contributed by atoms with Crippen LogP contribution in [0.2, 0.25) is 0 Å². The summed E-state index contributed by atoms with van der Waals surface area (Å²) in [6.45, 7) is 0.792. The molecule has 0 saturated carbocycles. The zero-order chi connectivity index (χ0) is 16.2. The van der Waals surface area contributed by atoms with Gasteiger partial charge in [0.15, 0.2) is 0 Å². The highest BCUT2D eigenvalue weighted by molar-refractivity contribution is 5.52. The molecule has 1 aromatic rings. The Morgan fingerprint density at radius 3 is 2.65 bits per heavy atom. The van der Waals surface area contributed by atoms with E-state index >= 15 is 0 Å². The van der Waals surface area contributed by atoms with Crippen molar-refractivity contribution in [3.8, 4) is 5.75 Å². The van der Waals surface area contributed by atoms with E-state index in [1.165, 1.54) is 16.7 Å². The molecule has 0 spiro atoms. The van der Waals surface area contributed by atoms with Crippen LogP contribution < -0.4 is 4.74 Å². The van der Waals surface area contributed by atoms with Crippen LogP contribution >= 0.6 is 0 Å². The summed E-state index contributed by atoms with van der Waals surface area (Å²) in [5.74, 6) is 1.90. The molecule has 2 aliphatic rings. The van der Waals surface area contributed by atoms with Gasteiger partial charge in [0.2, 0.25) is 6.41 Å². The third kappa shape index (κ3) is 3.26. The normalized spacial score (nSPS) is 20.7. The van der Waals surface area contributed by atoms with Crippen LogP contribution in [0.4, 0.5) is 0 Å². The summed E-state index contributed by atoms with van der Waals surface area (Å²) in [4.78, 5) is 13.4. The Balaban J connectivity index is 1.82. The highest BCUT2D eigenvalue weighted by Crippen LogP contribution is 2.35. The van der Waals surface area contributed by atoms with Crippen molar-refractivity contribution in [1.82, 2.24) is 4.90 Å². The minimum Gasteiger partial charge on any atom is -0.501 e. The molecule has 23 heavy (non-hydrogen) atoms. The van der Waals surface area contributed by atoms with Crippen molar-refractivity contribution >= 4 is 6.41 Å². The Kier molecular flexibility index (Phi) is 4.70. The molecule has 3 rings (SSSR count). The molecule has 1 aromatic carbocycles. The van der Waals surface area contributed by atoms with Gasteiger partial charge in [-0.15, -0.1) is 0 Å². The SMILES string of the molecule is COC1=CCC2=C(CCN(C=O)[C@@H]2Cc2ccc(OC)cc2)C1. The lowest BCUT2D eigenvalue weighted by Gasteiger charge is -2.38. The highest BCUT2D eigenvalue weighted by Gasteiger charge is 2.30. The van der Waals surface area contributed by atoms with E-state index in [4.69, 9.17) is 9.47 Å². The zero-order valence-electron chi connectivity index (χ0n) is 13.7. The fourth-order valence-electron chi connectivity index (χ4n) is 3.51. The van der Waals surface area contributed by atoms with Gasteiger partial charge in [0.05, 0.1) is 26.0 Å². The fourth-order valence-corrected chi connectivity index (χ4v) is 3.51. The van der Waals surface area contributed by atoms with Crippen molar-refractivity contribution < 1.29 is 14.3 Å². The molecule has 1 amide bonds. The van der Waals surface area contributed by atoms with Crippen LogP contribution in [-0.4, -0.2) is 38.1 Å². The monoisotopic (exact) mass is 313 g/mol. The number of carbonyl (C=O) groups excluding carboxylic acids is 1. The van der Waals surface area contributed by atoms with Gasteiger partial charge in [-0.05, 0) is 48.6 Å². The smallest absolute Gasteiger partial charge is 0.210 e. The standard InChI is InChI=1S/C19H23NO3/c1-22-16-5-3-14(4-6-16)11-19-18-8-7-17(23-2)12-15(18)9-10-20(19)13-21/h3-7,13,19H,8-12H2,1-2H3/t19-/m1/s1. The van der Waals surface area contributed by atoms with E-state index in [-0.39, 0.29) is 6.04 Å². The van der Waals surface area contributed by atoms with Crippen molar-refractivity contribution in [3.63, 3.8) is 0 Å². The van der Waals surface area contributed by atoms with Gasteiger partial charge >= 0.3 is 0 Å². The first-order valence-corrected chi connectivity index (χ1v) is 8.03. The lowest BCUT2D eigenvalue weighted by atomic mass is 9.83. The van der Waals surface area contributed by atoms with Crippen LogP contribution in [0.1, 0.15) is 24.8 Å². The third-order valence-corrected chi connectivity index (χ3v) is 4.85. The van der Waals surface area contributed by atoms with Gasteiger partial charge in [-0.1, -0.05) is 17.7 Å². The van der Waals surface area contributed by atoms with Gasteiger partial charge in [-0.2, -0.15) is 0 Å². The molecular weight excluding hydrogens is 290 g/mol. The number of rotatable bonds is 5. The first-order chi connectivity index (χ1) is 11.2. The van der Waals surface area contributed by atoms with Crippen molar-refractivity contribution in [1.29, 1.82) is 0 Å². The molecule has 0 aromatic heterocycles. The number of benzene rings is 1. The third-order valence-electron chi connectivity index (χ3n) is 4.85. The number of allylic oxidation sites excluding steroid dienone is 2. The summed E-state index contributed by atoms with van der Waals surface area (Å²) in [6, 6.07) is 8.26. The number of ether oxygens (including phenoxy) is 2. The second kappa shape index (κ2) is 6.90. The predicted octanol–water partition coefficient (Wildman–Crippen LogP) is 3.09. The Bertz CT molecular complexity index is 631. The average Bonchev–Trinajstić information content (AvgIpc) is 2.62. The first kappa shape index (κ1) is 15.7. The minimum absolute atomic E-state index is 0.152. The molecule has 4 nitrogen and oxygen atoms in total. The lowest BCUT2D eigenvalue weighted by Crippen LogP contribution is -2.42. The topological polar surface area (TPSA) is 38.8 Å². The summed E-state index contributed by atoms with van der Waals surface area (Å²) < 4.78 is 10.6. The van der Waals surface area contributed by atoms with Gasteiger partial charge < -0.3 is 14.4 Å². The number of nitrogens with zero attached hydrogens (tertiary/aromatic N) is 1. The highest BCUT2D eigenvalue weighted by atomic mass is 16.5. The van der Waals surface area contributed by atoms with Gasteiger partial charge in [0.1, 0.15) is 5.75 Å². The first-order valence-electron chi connectivity index (χ1n) is 8.03. The molecule has 0 saturated heterocycles. The average molecular weight is 313 g/mol. The fraction of sp³-hybridized carbons (Fsp3) is 0.421. The van der Waals surface area contributed by atoms with Crippen molar-refractivity contribution in [2.75, 3.05) is 20.8 Å². The Morgan fingerprint density at radius 1 is 1.22 bits per heavy atom. The molecule has 1 aliphatic heterocycles. The van der Waals surface area contributed by atoms with Crippen molar-refractivity contribution in [2.45, 2.75) is 31.7 Å². The van der Waals surface area contributed by atoms with Crippen LogP contribution in [0.5, 0.6) is 5.75 Å². The second-order valence-electron chi connectivity index (χ2n) is 6.05. The maximum atomic E-state index is 11.5. The summed E-state index contributed by atoms with van der Waals surface area (Å²) in [7, 11) is 3.40. The van der Waals surface area contributed by atoms with E-state index in [0.717, 1.165) is 50.1 Å². The molecule has 0 fully saturated rings. The zero-order valence-corrected chi connectivity index (χ0v) is 13.7. The number of methoxy groups -OCH3 is 2. The largest absolute Gasteiger partial charge is 0.501 e. The van der Waals surface area contributed by atoms with Crippen molar-refractivity contribution in [3.05, 3.63) is 52.8 Å². The van der Waals surface area contributed by atoms with E-state index in [0.29, 0.717) is 0 Å². The van der Waals surface area contributed by atoms with Crippen LogP contribution in [0, 0.1) is 0 Å². The molecule has 4 heteroatoms. The summed E-state index contributed by atoms with van der Waals surface area (Å²) >= 11 is 0. The molecule has 0 radical (unpaired) electrons. The van der Waals surface area contributed by atoms with Crippen molar-refractivity contribution in [2.24, 2.45) is 0 Å². The lowest BCUT2D eigenvalue weighted by molar-refractivity contribution is -0.119. The van der Waals surface area contributed by atoms with Gasteiger partial charge in [0.25, 0.3) is 0 Å². The Morgan fingerprint density at radius 2 is 2.00 bits per heavy atom. The molecule has 0 bridgehead atoms. The molecule has 1 heterocycles. The summed E-state index contributed by atoms with van der Waals surface area (Å²) in [5.41, 5.74) is 4.05. The van der Waals surface area contributed by atoms with Gasteiger partial charge in [0, 0.05) is 13.0 Å². The maximum absolute atomic E-state index is 11.5. The number of carbonyl (C=O) groups is 1. The second-order valence-corrected chi connectivity index (χ2v) is 6.05.